The molecule has 0 spiro atoms. The Kier molecular flexibility index (Phi) is 2.24. The van der Waals surface area contributed by atoms with Crippen molar-refractivity contribution in [3.63, 3.8) is 0 Å². The minimum Gasteiger partial charge on any atom is -0.308 e. The van der Waals surface area contributed by atoms with Crippen LogP contribution in [-0.4, -0.2) is 29.2 Å². The van der Waals surface area contributed by atoms with Gasteiger partial charge in [-0.1, -0.05) is 0 Å². The molecule has 2 bridgehead atoms. The molecule has 1 amide bonds. The Hall–Kier alpha value is -1.29. The van der Waals surface area contributed by atoms with Crippen LogP contribution in [0.4, 0.5) is 5.69 Å². The smallest absolute Gasteiger partial charge is 0.240 e. The van der Waals surface area contributed by atoms with Gasteiger partial charge in [-0.25, -0.2) is 0 Å². The van der Waals surface area contributed by atoms with E-state index < -0.39 is 0 Å². The van der Waals surface area contributed by atoms with E-state index in [2.05, 4.69) is 0 Å². The van der Waals surface area contributed by atoms with Crippen molar-refractivity contribution in [3.05, 3.63) is 29.8 Å². The highest BCUT2D eigenvalue weighted by Gasteiger charge is 2.45. The summed E-state index contributed by atoms with van der Waals surface area (Å²) in [7, 11) is 0. The zero-order chi connectivity index (χ0) is 11.1. The van der Waals surface area contributed by atoms with Gasteiger partial charge in [0.05, 0.1) is 5.25 Å². The summed E-state index contributed by atoms with van der Waals surface area (Å²) in [5.41, 5.74) is 1.57. The molecular weight excluding hydrogens is 222 g/mol. The van der Waals surface area contributed by atoms with Crippen LogP contribution >= 0.6 is 11.8 Å². The van der Waals surface area contributed by atoms with Crippen molar-refractivity contribution in [2.45, 2.75) is 17.7 Å². The standard InChI is InChI=1S/C12H11NO2S/c14-6-8-1-3-9(4-2-8)13-10-5-11(12(13)15)16-7-10/h1-4,6,10-11H,5,7H2. The molecule has 2 aliphatic rings. The SMILES string of the molecule is O=Cc1ccc(N2C(=O)C3CC2CS3)cc1. The van der Waals surface area contributed by atoms with Gasteiger partial charge in [0.2, 0.25) is 5.91 Å². The number of hydrogen-bond acceptors (Lipinski definition) is 3. The Morgan fingerprint density at radius 3 is 2.62 bits per heavy atom. The van der Waals surface area contributed by atoms with Crippen molar-refractivity contribution in [1.29, 1.82) is 0 Å². The molecule has 3 nitrogen and oxygen atoms in total. The topological polar surface area (TPSA) is 37.4 Å². The van der Waals surface area contributed by atoms with Crippen molar-refractivity contribution in [2.24, 2.45) is 0 Å². The summed E-state index contributed by atoms with van der Waals surface area (Å²) >= 11 is 1.76. The largest absolute Gasteiger partial charge is 0.308 e. The number of benzene rings is 1. The Morgan fingerprint density at radius 1 is 1.31 bits per heavy atom. The Morgan fingerprint density at radius 2 is 2.06 bits per heavy atom. The molecule has 0 N–H and O–H groups in total. The van der Waals surface area contributed by atoms with E-state index in [0.29, 0.717) is 11.6 Å². The monoisotopic (exact) mass is 233 g/mol. The predicted octanol–water partition coefficient (Wildman–Crippen LogP) is 1.72. The maximum atomic E-state index is 12.0. The van der Waals surface area contributed by atoms with E-state index in [1.807, 2.05) is 17.0 Å². The van der Waals surface area contributed by atoms with Gasteiger partial charge in [-0.2, -0.15) is 0 Å². The van der Waals surface area contributed by atoms with Gasteiger partial charge in [-0.3, -0.25) is 9.59 Å². The van der Waals surface area contributed by atoms with Crippen LogP contribution in [-0.2, 0) is 4.79 Å². The zero-order valence-corrected chi connectivity index (χ0v) is 9.44. The zero-order valence-electron chi connectivity index (χ0n) is 8.63. The van der Waals surface area contributed by atoms with Gasteiger partial charge >= 0.3 is 0 Å². The van der Waals surface area contributed by atoms with Crippen LogP contribution in [0.1, 0.15) is 16.8 Å². The average molecular weight is 233 g/mol. The number of hydrogen-bond donors (Lipinski definition) is 0. The predicted molar refractivity (Wildman–Crippen MR) is 64.0 cm³/mol. The Balaban J connectivity index is 1.92. The van der Waals surface area contributed by atoms with Crippen LogP contribution in [0.25, 0.3) is 0 Å². The Labute approximate surface area is 97.8 Å². The van der Waals surface area contributed by atoms with Crippen molar-refractivity contribution in [3.8, 4) is 0 Å². The first kappa shape index (κ1) is 9.90. The highest BCUT2D eigenvalue weighted by Crippen LogP contribution is 2.40. The first-order valence-corrected chi connectivity index (χ1v) is 6.34. The molecule has 0 aromatic heterocycles. The fraction of sp³-hybridized carbons (Fsp3) is 0.333. The molecule has 0 saturated carbocycles. The molecule has 2 aliphatic heterocycles. The highest BCUT2D eigenvalue weighted by molar-refractivity contribution is 8.01. The number of anilines is 1. The lowest BCUT2D eigenvalue weighted by Gasteiger charge is -2.26. The van der Waals surface area contributed by atoms with E-state index in [9.17, 15) is 9.59 Å². The lowest BCUT2D eigenvalue weighted by atomic mass is 10.2. The minimum atomic E-state index is 0.163. The van der Waals surface area contributed by atoms with Gasteiger partial charge in [-0.05, 0) is 30.7 Å². The summed E-state index contributed by atoms with van der Waals surface area (Å²) in [6.07, 6.45) is 1.79. The fourth-order valence-electron chi connectivity index (χ4n) is 2.35. The molecule has 0 aliphatic carbocycles. The number of rotatable bonds is 2. The van der Waals surface area contributed by atoms with E-state index in [1.54, 1.807) is 23.9 Å². The van der Waals surface area contributed by atoms with Crippen molar-refractivity contribution >= 4 is 29.6 Å². The van der Waals surface area contributed by atoms with E-state index in [1.165, 1.54) is 0 Å². The van der Waals surface area contributed by atoms with Crippen LogP contribution in [0.2, 0.25) is 0 Å². The van der Waals surface area contributed by atoms with Gasteiger partial charge in [0.1, 0.15) is 6.29 Å². The number of aldehydes is 1. The number of carbonyl (C=O) groups is 2. The highest BCUT2D eigenvalue weighted by atomic mass is 32.2. The lowest BCUT2D eigenvalue weighted by molar-refractivity contribution is -0.116. The van der Waals surface area contributed by atoms with Crippen molar-refractivity contribution in [2.75, 3.05) is 10.7 Å². The van der Waals surface area contributed by atoms with Gasteiger partial charge in [-0.15, -0.1) is 11.8 Å². The summed E-state index contributed by atoms with van der Waals surface area (Å²) in [6, 6.07) is 7.58. The van der Waals surface area contributed by atoms with Crippen LogP contribution in [0.15, 0.2) is 24.3 Å². The minimum absolute atomic E-state index is 0.163. The maximum absolute atomic E-state index is 12.0. The average Bonchev–Trinajstić information content (AvgIpc) is 2.90. The first-order valence-electron chi connectivity index (χ1n) is 5.29. The van der Waals surface area contributed by atoms with Gasteiger partial charge < -0.3 is 4.90 Å². The summed E-state index contributed by atoms with van der Waals surface area (Å²) in [6.45, 7) is 0. The third-order valence-corrected chi connectivity index (χ3v) is 4.53. The molecule has 2 unspecified atom stereocenters. The summed E-state index contributed by atoms with van der Waals surface area (Å²) in [5.74, 6) is 1.26. The molecule has 1 aromatic rings. The van der Waals surface area contributed by atoms with Gasteiger partial charge in [0, 0.05) is 23.0 Å². The summed E-state index contributed by atoms with van der Waals surface area (Å²) in [4.78, 5) is 24.4. The number of amides is 1. The lowest BCUT2D eigenvalue weighted by Crippen LogP contribution is -2.38. The molecule has 4 heteroatoms. The second kappa shape index (κ2) is 3.63. The van der Waals surface area contributed by atoms with E-state index in [-0.39, 0.29) is 11.2 Å². The summed E-state index contributed by atoms with van der Waals surface area (Å²) in [5, 5.41) is 0.163. The van der Waals surface area contributed by atoms with E-state index >= 15 is 0 Å². The molecule has 82 valence electrons. The molecule has 3 rings (SSSR count). The molecule has 0 radical (unpaired) electrons. The quantitative estimate of drug-likeness (QED) is 0.730. The number of nitrogens with zero attached hydrogens (tertiary/aromatic N) is 1. The van der Waals surface area contributed by atoms with Crippen molar-refractivity contribution in [1.82, 2.24) is 0 Å². The fourth-order valence-corrected chi connectivity index (χ4v) is 3.70. The van der Waals surface area contributed by atoms with E-state index in [4.69, 9.17) is 0 Å². The van der Waals surface area contributed by atoms with Crippen LogP contribution < -0.4 is 4.90 Å². The molecule has 2 atom stereocenters. The number of thioether (sulfide) groups is 1. The third-order valence-electron chi connectivity index (χ3n) is 3.16. The van der Waals surface area contributed by atoms with Crippen LogP contribution in [0, 0.1) is 0 Å². The van der Waals surface area contributed by atoms with Crippen LogP contribution in [0.3, 0.4) is 0 Å². The molecule has 2 fully saturated rings. The molecule has 2 heterocycles. The number of carbonyl (C=O) groups excluding carboxylic acids is 2. The van der Waals surface area contributed by atoms with Gasteiger partial charge in [0.25, 0.3) is 0 Å². The third kappa shape index (κ3) is 1.37. The van der Waals surface area contributed by atoms with E-state index in [0.717, 1.165) is 24.1 Å². The number of fused-ring (bicyclic) bond motifs is 2. The Bertz CT molecular complexity index is 443. The first-order chi connectivity index (χ1) is 7.79. The molecule has 16 heavy (non-hydrogen) atoms. The summed E-state index contributed by atoms with van der Waals surface area (Å²) < 4.78 is 0. The molecular formula is C12H11NO2S. The normalized spacial score (nSPS) is 27.5. The maximum Gasteiger partial charge on any atom is 0.240 e. The van der Waals surface area contributed by atoms with Crippen LogP contribution in [0.5, 0.6) is 0 Å². The van der Waals surface area contributed by atoms with Gasteiger partial charge in [0.15, 0.2) is 0 Å². The van der Waals surface area contributed by atoms with Crippen molar-refractivity contribution < 1.29 is 9.59 Å². The molecule has 1 aromatic carbocycles. The second-order valence-electron chi connectivity index (χ2n) is 4.13. The molecule has 2 saturated heterocycles. The second-order valence-corrected chi connectivity index (χ2v) is 5.36.